The van der Waals surface area contributed by atoms with Gasteiger partial charge >= 0.3 is 5.69 Å². The monoisotopic (exact) mass is 428 g/mol. The Hall–Kier alpha value is -2.15. The molecular formula is C24H36N4O3. The summed E-state index contributed by atoms with van der Waals surface area (Å²) in [7, 11) is 0. The van der Waals surface area contributed by atoms with Gasteiger partial charge in [0.1, 0.15) is 0 Å². The Morgan fingerprint density at radius 2 is 2.00 bits per heavy atom. The minimum atomic E-state index is -1.11. The second-order valence-electron chi connectivity index (χ2n) is 10.4. The first-order valence-corrected chi connectivity index (χ1v) is 11.8. The Bertz CT molecular complexity index is 988. The van der Waals surface area contributed by atoms with Crippen LogP contribution in [0.5, 0.6) is 0 Å². The second-order valence-corrected chi connectivity index (χ2v) is 10.4. The zero-order valence-electron chi connectivity index (χ0n) is 19.1. The first-order chi connectivity index (χ1) is 14.7. The standard InChI is InChI=1S/C24H36N4O3/c1-18(15-19-9-5-4-6-10-19)21(29)26-14-12-24(31,23(2,3)16-26)17-28-22(30)27-13-8-7-11-20(27)25-28/h7-8,11,13,18-19,31H,4-6,9-10,12,14-17H2,1-3H3. The van der Waals surface area contributed by atoms with E-state index in [1.165, 1.54) is 41.2 Å². The number of pyridine rings is 1. The molecule has 3 heterocycles. The van der Waals surface area contributed by atoms with E-state index >= 15 is 0 Å². The van der Waals surface area contributed by atoms with Gasteiger partial charge in [-0.2, -0.15) is 0 Å². The Kier molecular flexibility index (Phi) is 5.99. The van der Waals surface area contributed by atoms with Crippen LogP contribution in [0.3, 0.4) is 0 Å². The lowest BCUT2D eigenvalue weighted by Crippen LogP contribution is -2.61. The molecule has 1 N–H and O–H groups in total. The zero-order valence-corrected chi connectivity index (χ0v) is 19.1. The van der Waals surface area contributed by atoms with Crippen LogP contribution in [0, 0.1) is 17.3 Å². The molecule has 1 amide bonds. The van der Waals surface area contributed by atoms with Gasteiger partial charge in [0.05, 0.1) is 12.1 Å². The normalized spacial score (nSPS) is 25.6. The average Bonchev–Trinajstić information content (AvgIpc) is 3.05. The summed E-state index contributed by atoms with van der Waals surface area (Å²) in [6.07, 6.45) is 9.49. The van der Waals surface area contributed by atoms with Gasteiger partial charge in [0.15, 0.2) is 5.65 Å². The average molecular weight is 429 g/mol. The van der Waals surface area contributed by atoms with E-state index in [-0.39, 0.29) is 24.1 Å². The third-order valence-electron chi connectivity index (χ3n) is 7.69. The van der Waals surface area contributed by atoms with Crippen molar-refractivity contribution < 1.29 is 9.90 Å². The minimum absolute atomic E-state index is 0.0196. The van der Waals surface area contributed by atoms with Crippen molar-refractivity contribution in [1.82, 2.24) is 19.1 Å². The van der Waals surface area contributed by atoms with E-state index < -0.39 is 11.0 Å². The molecule has 2 atom stereocenters. The van der Waals surface area contributed by atoms with E-state index in [0.717, 1.165) is 6.42 Å². The summed E-state index contributed by atoms with van der Waals surface area (Å²) in [6, 6.07) is 5.41. The van der Waals surface area contributed by atoms with Crippen molar-refractivity contribution >= 4 is 11.6 Å². The van der Waals surface area contributed by atoms with Crippen molar-refractivity contribution in [3.05, 3.63) is 34.9 Å². The summed E-state index contributed by atoms with van der Waals surface area (Å²) in [5.74, 6) is 0.890. The summed E-state index contributed by atoms with van der Waals surface area (Å²) in [5, 5.41) is 15.9. The number of piperidine rings is 1. The number of hydrogen-bond donors (Lipinski definition) is 1. The predicted octanol–water partition coefficient (Wildman–Crippen LogP) is 3.09. The summed E-state index contributed by atoms with van der Waals surface area (Å²) in [5.41, 5.74) is -1.35. The van der Waals surface area contributed by atoms with Crippen molar-refractivity contribution in [1.29, 1.82) is 0 Å². The molecule has 2 unspecified atom stereocenters. The van der Waals surface area contributed by atoms with Crippen LogP contribution in [-0.4, -0.2) is 48.8 Å². The van der Waals surface area contributed by atoms with Crippen LogP contribution in [0.4, 0.5) is 0 Å². The van der Waals surface area contributed by atoms with E-state index in [4.69, 9.17) is 0 Å². The first kappa shape index (κ1) is 22.1. The Morgan fingerprint density at radius 3 is 2.68 bits per heavy atom. The maximum atomic E-state index is 13.2. The predicted molar refractivity (Wildman–Crippen MR) is 120 cm³/mol. The van der Waals surface area contributed by atoms with Gasteiger partial charge in [0.2, 0.25) is 5.91 Å². The highest BCUT2D eigenvalue weighted by molar-refractivity contribution is 5.78. The van der Waals surface area contributed by atoms with E-state index in [1.807, 2.05) is 24.8 Å². The number of hydrogen-bond acceptors (Lipinski definition) is 4. The number of amides is 1. The molecule has 2 aliphatic rings. The summed E-state index contributed by atoms with van der Waals surface area (Å²) >= 11 is 0. The zero-order chi connectivity index (χ0) is 22.2. The number of carbonyl (C=O) groups excluding carboxylic acids is 1. The Balaban J connectivity index is 1.44. The number of aliphatic hydroxyl groups is 1. The highest BCUT2D eigenvalue weighted by Gasteiger charge is 2.49. The van der Waals surface area contributed by atoms with Gasteiger partial charge in [-0.05, 0) is 30.9 Å². The fourth-order valence-electron chi connectivity index (χ4n) is 5.50. The van der Waals surface area contributed by atoms with Crippen molar-refractivity contribution in [2.45, 2.75) is 77.9 Å². The highest BCUT2D eigenvalue weighted by Crippen LogP contribution is 2.40. The fraction of sp³-hybridized carbons (Fsp3) is 0.708. The number of carbonyl (C=O) groups is 1. The van der Waals surface area contributed by atoms with Gasteiger partial charge in [-0.25, -0.2) is 9.48 Å². The molecule has 7 heteroatoms. The second kappa shape index (κ2) is 8.41. The molecule has 4 rings (SSSR count). The smallest absolute Gasteiger partial charge is 0.350 e. The van der Waals surface area contributed by atoms with E-state index in [2.05, 4.69) is 12.0 Å². The molecular weight excluding hydrogens is 392 g/mol. The van der Waals surface area contributed by atoms with Crippen molar-refractivity contribution in [2.75, 3.05) is 13.1 Å². The van der Waals surface area contributed by atoms with Gasteiger partial charge in [-0.3, -0.25) is 9.20 Å². The van der Waals surface area contributed by atoms with E-state index in [0.29, 0.717) is 31.1 Å². The van der Waals surface area contributed by atoms with E-state index in [9.17, 15) is 14.7 Å². The quantitative estimate of drug-likeness (QED) is 0.794. The van der Waals surface area contributed by atoms with Crippen LogP contribution in [0.25, 0.3) is 5.65 Å². The Labute approximate surface area is 184 Å². The van der Waals surface area contributed by atoms with Crippen LogP contribution in [-0.2, 0) is 11.3 Å². The third kappa shape index (κ3) is 4.29. The van der Waals surface area contributed by atoms with Crippen LogP contribution >= 0.6 is 0 Å². The molecule has 0 bridgehead atoms. The summed E-state index contributed by atoms with van der Waals surface area (Å²) in [6.45, 7) is 7.15. The molecule has 1 aliphatic heterocycles. The molecule has 1 aliphatic carbocycles. The SMILES string of the molecule is CC(CC1CCCCC1)C(=O)N1CCC(O)(Cn2nc3ccccn3c2=O)C(C)(C)C1. The van der Waals surface area contributed by atoms with Crippen LogP contribution in [0.15, 0.2) is 29.2 Å². The van der Waals surface area contributed by atoms with Gasteiger partial charge in [-0.1, -0.05) is 58.9 Å². The van der Waals surface area contributed by atoms with E-state index in [1.54, 1.807) is 18.3 Å². The lowest BCUT2D eigenvalue weighted by Gasteiger charge is -2.50. The molecule has 0 aromatic carbocycles. The Morgan fingerprint density at radius 1 is 1.26 bits per heavy atom. The number of fused-ring (bicyclic) bond motifs is 1. The lowest BCUT2D eigenvalue weighted by atomic mass is 9.69. The van der Waals surface area contributed by atoms with Gasteiger partial charge in [0, 0.05) is 30.6 Å². The molecule has 0 spiro atoms. The van der Waals surface area contributed by atoms with Crippen LogP contribution in [0.2, 0.25) is 0 Å². The largest absolute Gasteiger partial charge is 0.387 e. The number of rotatable bonds is 5. The minimum Gasteiger partial charge on any atom is -0.387 e. The first-order valence-electron chi connectivity index (χ1n) is 11.8. The van der Waals surface area contributed by atoms with Gasteiger partial charge in [-0.15, -0.1) is 5.10 Å². The number of aromatic nitrogens is 3. The molecule has 2 fully saturated rings. The number of likely N-dealkylation sites (tertiary alicyclic amines) is 1. The lowest BCUT2D eigenvalue weighted by molar-refractivity contribution is -0.157. The van der Waals surface area contributed by atoms with Crippen molar-refractivity contribution in [2.24, 2.45) is 17.3 Å². The highest BCUT2D eigenvalue weighted by atomic mass is 16.3. The summed E-state index contributed by atoms with van der Waals surface area (Å²) < 4.78 is 2.85. The maximum Gasteiger partial charge on any atom is 0.350 e. The van der Waals surface area contributed by atoms with Crippen LogP contribution < -0.4 is 5.69 Å². The maximum absolute atomic E-state index is 13.2. The molecule has 1 saturated carbocycles. The molecule has 31 heavy (non-hydrogen) atoms. The molecule has 2 aromatic heterocycles. The molecule has 2 aromatic rings. The van der Waals surface area contributed by atoms with Gasteiger partial charge in [0.25, 0.3) is 0 Å². The van der Waals surface area contributed by atoms with Crippen LogP contribution in [0.1, 0.15) is 65.7 Å². The number of nitrogens with zero attached hydrogens (tertiary/aromatic N) is 4. The third-order valence-corrected chi connectivity index (χ3v) is 7.69. The molecule has 170 valence electrons. The summed E-state index contributed by atoms with van der Waals surface area (Å²) in [4.78, 5) is 27.8. The molecule has 1 saturated heterocycles. The fourth-order valence-corrected chi connectivity index (χ4v) is 5.50. The molecule has 7 nitrogen and oxygen atoms in total. The topological polar surface area (TPSA) is 79.8 Å². The van der Waals surface area contributed by atoms with Crippen molar-refractivity contribution in [3.63, 3.8) is 0 Å². The van der Waals surface area contributed by atoms with Crippen molar-refractivity contribution in [3.8, 4) is 0 Å². The van der Waals surface area contributed by atoms with Gasteiger partial charge < -0.3 is 10.0 Å². The molecule has 0 radical (unpaired) electrons.